The van der Waals surface area contributed by atoms with Gasteiger partial charge in [-0.3, -0.25) is 9.59 Å². The monoisotopic (exact) mass is 268 g/mol. The summed E-state index contributed by atoms with van der Waals surface area (Å²) in [6, 6.07) is 0. The van der Waals surface area contributed by atoms with E-state index in [4.69, 9.17) is 18.9 Å². The molecule has 4 rings (SSSR count). The van der Waals surface area contributed by atoms with Crippen molar-refractivity contribution in [1.82, 2.24) is 0 Å². The maximum Gasteiger partial charge on any atom is 0.312 e. The van der Waals surface area contributed by atoms with E-state index in [1.807, 2.05) is 6.92 Å². The highest BCUT2D eigenvalue weighted by molar-refractivity contribution is 5.77. The molecule has 7 atom stereocenters. The molecule has 0 aromatic heterocycles. The van der Waals surface area contributed by atoms with Crippen LogP contribution in [0.4, 0.5) is 0 Å². The molecule has 0 radical (unpaired) electrons. The van der Waals surface area contributed by atoms with Gasteiger partial charge in [-0.1, -0.05) is 0 Å². The SMILES string of the molecule is CC(=O)O[C@@H]1O[C@@]2(C)O[C@@]3(C)OC(=O)[C@H]4C[C@@H]1[C@@H]2[C@@H]43. The van der Waals surface area contributed by atoms with Crippen LogP contribution < -0.4 is 0 Å². The zero-order valence-electron chi connectivity index (χ0n) is 11.0. The number of ether oxygens (including phenoxy) is 4. The molecule has 3 heterocycles. The summed E-state index contributed by atoms with van der Waals surface area (Å²) in [6.45, 7) is 4.99. The van der Waals surface area contributed by atoms with Gasteiger partial charge in [0.25, 0.3) is 0 Å². The van der Waals surface area contributed by atoms with E-state index in [0.29, 0.717) is 6.42 Å². The van der Waals surface area contributed by atoms with Crippen molar-refractivity contribution < 1.29 is 28.5 Å². The summed E-state index contributed by atoms with van der Waals surface area (Å²) in [5.74, 6) is -2.42. The number of hydrogen-bond acceptors (Lipinski definition) is 6. The van der Waals surface area contributed by atoms with Crippen molar-refractivity contribution in [3.63, 3.8) is 0 Å². The minimum Gasteiger partial charge on any atom is -0.436 e. The van der Waals surface area contributed by atoms with E-state index in [-0.39, 0.29) is 35.6 Å². The Morgan fingerprint density at radius 3 is 2.74 bits per heavy atom. The fourth-order valence-corrected chi connectivity index (χ4v) is 4.63. The Morgan fingerprint density at radius 2 is 2.05 bits per heavy atom. The van der Waals surface area contributed by atoms with E-state index in [1.54, 1.807) is 6.92 Å². The van der Waals surface area contributed by atoms with Gasteiger partial charge in [0.2, 0.25) is 12.1 Å². The van der Waals surface area contributed by atoms with Crippen LogP contribution in [0, 0.1) is 23.7 Å². The number of hydrogen-bond donors (Lipinski definition) is 0. The molecule has 4 fully saturated rings. The molecular formula is C13H16O6. The van der Waals surface area contributed by atoms with Crippen molar-refractivity contribution in [2.24, 2.45) is 23.7 Å². The molecule has 104 valence electrons. The fourth-order valence-electron chi connectivity index (χ4n) is 4.63. The van der Waals surface area contributed by atoms with Crippen molar-refractivity contribution in [2.75, 3.05) is 0 Å². The lowest BCUT2D eigenvalue weighted by atomic mass is 9.83. The Bertz CT molecular complexity index is 490. The quantitative estimate of drug-likeness (QED) is 0.655. The highest BCUT2D eigenvalue weighted by Crippen LogP contribution is 2.68. The molecule has 0 N–H and O–H groups in total. The van der Waals surface area contributed by atoms with Gasteiger partial charge >= 0.3 is 11.9 Å². The lowest BCUT2D eigenvalue weighted by molar-refractivity contribution is -0.315. The largest absolute Gasteiger partial charge is 0.436 e. The lowest BCUT2D eigenvalue weighted by Gasteiger charge is -2.28. The Hall–Kier alpha value is -1.14. The fraction of sp³-hybridized carbons (Fsp3) is 0.846. The average molecular weight is 268 g/mol. The number of carbonyl (C=O) groups excluding carboxylic acids is 2. The van der Waals surface area contributed by atoms with Gasteiger partial charge < -0.3 is 18.9 Å². The van der Waals surface area contributed by atoms with Gasteiger partial charge in [0, 0.05) is 31.6 Å². The molecule has 0 spiro atoms. The van der Waals surface area contributed by atoms with Crippen LogP contribution in [-0.4, -0.2) is 29.8 Å². The van der Waals surface area contributed by atoms with E-state index < -0.39 is 17.9 Å². The van der Waals surface area contributed by atoms with Gasteiger partial charge in [-0.2, -0.15) is 0 Å². The van der Waals surface area contributed by atoms with Crippen LogP contribution in [0.25, 0.3) is 0 Å². The van der Waals surface area contributed by atoms with E-state index in [2.05, 4.69) is 0 Å². The predicted octanol–water partition coefficient (Wildman–Crippen LogP) is 0.794. The number of esters is 2. The summed E-state index contributed by atoms with van der Waals surface area (Å²) in [5, 5.41) is 0. The van der Waals surface area contributed by atoms with Crippen LogP contribution in [0.15, 0.2) is 0 Å². The van der Waals surface area contributed by atoms with Crippen molar-refractivity contribution in [2.45, 2.75) is 45.1 Å². The molecule has 0 bridgehead atoms. The van der Waals surface area contributed by atoms with Crippen LogP contribution in [-0.2, 0) is 28.5 Å². The summed E-state index contributed by atoms with van der Waals surface area (Å²) in [5.41, 5.74) is 0. The third kappa shape index (κ3) is 1.24. The summed E-state index contributed by atoms with van der Waals surface area (Å²) < 4.78 is 22.3. The topological polar surface area (TPSA) is 71.1 Å². The average Bonchev–Trinajstić information content (AvgIpc) is 2.87. The zero-order valence-corrected chi connectivity index (χ0v) is 11.0. The summed E-state index contributed by atoms with van der Waals surface area (Å²) in [4.78, 5) is 23.1. The van der Waals surface area contributed by atoms with Crippen LogP contribution >= 0.6 is 0 Å². The molecule has 3 saturated heterocycles. The second-order valence-electron chi connectivity index (χ2n) is 6.21. The Labute approximate surface area is 110 Å². The number of carbonyl (C=O) groups is 2. The van der Waals surface area contributed by atoms with Crippen molar-refractivity contribution in [1.29, 1.82) is 0 Å². The maximum absolute atomic E-state index is 11.9. The third-order valence-electron chi connectivity index (χ3n) is 5.01. The molecule has 0 amide bonds. The summed E-state index contributed by atoms with van der Waals surface area (Å²) in [7, 11) is 0. The minimum absolute atomic E-state index is 0.00411. The van der Waals surface area contributed by atoms with Crippen LogP contribution in [0.3, 0.4) is 0 Å². The predicted molar refractivity (Wildman–Crippen MR) is 59.2 cm³/mol. The van der Waals surface area contributed by atoms with E-state index in [9.17, 15) is 9.59 Å². The first-order valence-corrected chi connectivity index (χ1v) is 6.62. The van der Waals surface area contributed by atoms with E-state index in [0.717, 1.165) is 0 Å². The van der Waals surface area contributed by atoms with Gasteiger partial charge in [0.05, 0.1) is 5.92 Å². The molecule has 0 unspecified atom stereocenters. The molecule has 4 aliphatic rings. The van der Waals surface area contributed by atoms with Crippen LogP contribution in [0.5, 0.6) is 0 Å². The molecule has 0 aromatic carbocycles. The highest BCUT2D eigenvalue weighted by Gasteiger charge is 2.78. The molecule has 3 aliphatic heterocycles. The minimum atomic E-state index is -0.892. The number of rotatable bonds is 1. The Kier molecular flexibility index (Phi) is 1.92. The van der Waals surface area contributed by atoms with Gasteiger partial charge in [0.15, 0.2) is 5.79 Å². The molecule has 0 aromatic rings. The molecule has 6 nitrogen and oxygen atoms in total. The van der Waals surface area contributed by atoms with Crippen molar-refractivity contribution in [3.05, 3.63) is 0 Å². The lowest BCUT2D eigenvalue weighted by Crippen LogP contribution is -2.37. The first-order chi connectivity index (χ1) is 8.84. The second kappa shape index (κ2) is 3.12. The Morgan fingerprint density at radius 1 is 1.32 bits per heavy atom. The maximum atomic E-state index is 11.9. The normalized spacial score (nSPS) is 57.2. The Balaban J connectivity index is 1.73. The molecule has 1 saturated carbocycles. The van der Waals surface area contributed by atoms with Crippen LogP contribution in [0.1, 0.15) is 27.2 Å². The van der Waals surface area contributed by atoms with Gasteiger partial charge in [-0.05, 0) is 13.3 Å². The van der Waals surface area contributed by atoms with Gasteiger partial charge in [0.1, 0.15) is 0 Å². The molecular weight excluding hydrogens is 252 g/mol. The van der Waals surface area contributed by atoms with Crippen LogP contribution in [0.2, 0.25) is 0 Å². The first-order valence-electron chi connectivity index (χ1n) is 6.62. The van der Waals surface area contributed by atoms with Gasteiger partial charge in [-0.25, -0.2) is 0 Å². The first kappa shape index (κ1) is 11.7. The summed E-state index contributed by atoms with van der Waals surface area (Å²) >= 11 is 0. The second-order valence-corrected chi connectivity index (χ2v) is 6.21. The molecule has 1 aliphatic carbocycles. The molecule has 19 heavy (non-hydrogen) atoms. The van der Waals surface area contributed by atoms with E-state index >= 15 is 0 Å². The summed E-state index contributed by atoms with van der Waals surface area (Å²) in [6.07, 6.45) is 0.0242. The zero-order chi connectivity index (χ0) is 13.6. The molecule has 6 heteroatoms. The highest BCUT2D eigenvalue weighted by atomic mass is 16.8. The third-order valence-corrected chi connectivity index (χ3v) is 5.01. The smallest absolute Gasteiger partial charge is 0.312 e. The standard InChI is InChI=1S/C13H16O6/c1-5(14)16-11-7-4-6-8-9(7)13(3,18-11)19-12(8,2)17-10(6)15/h6-9,11H,4H2,1-3H3/t6-,7+,8+,9+,11+,12+,13-/m0/s1. The van der Waals surface area contributed by atoms with Crippen molar-refractivity contribution in [3.8, 4) is 0 Å². The van der Waals surface area contributed by atoms with Gasteiger partial charge in [-0.15, -0.1) is 0 Å². The van der Waals surface area contributed by atoms with Crippen molar-refractivity contribution >= 4 is 11.9 Å². The van der Waals surface area contributed by atoms with E-state index in [1.165, 1.54) is 6.92 Å².